The molecule has 0 aliphatic heterocycles. The highest BCUT2D eigenvalue weighted by atomic mass is 32.2. The number of nitrogens with one attached hydrogen (secondary N) is 1. The third kappa shape index (κ3) is 2.62. The number of carbonyl (C=O) groups is 2. The Labute approximate surface area is 169 Å². The lowest BCUT2D eigenvalue weighted by Gasteiger charge is -2.11. The van der Waals surface area contributed by atoms with Gasteiger partial charge in [0.25, 0.3) is 10.1 Å². The van der Waals surface area contributed by atoms with Crippen molar-refractivity contribution in [3.8, 4) is 0 Å². The van der Waals surface area contributed by atoms with Crippen LogP contribution in [-0.2, 0) is 10.1 Å². The zero-order valence-corrected chi connectivity index (χ0v) is 16.1. The Morgan fingerprint density at radius 1 is 0.767 bits per heavy atom. The number of Topliss-reactive ketones (excluding diaryl/α,β-unsaturated/α-hetero) is 2. The highest BCUT2D eigenvalue weighted by molar-refractivity contribution is 7.85. The van der Waals surface area contributed by atoms with Gasteiger partial charge in [0.05, 0.1) is 4.90 Å². The van der Waals surface area contributed by atoms with Crippen LogP contribution in [0.3, 0.4) is 0 Å². The van der Waals surface area contributed by atoms with Crippen molar-refractivity contribution in [3.63, 3.8) is 0 Å². The van der Waals surface area contributed by atoms with E-state index in [1.165, 1.54) is 12.1 Å². The van der Waals surface area contributed by atoms with Crippen molar-refractivity contribution in [2.45, 2.75) is 10.8 Å². The van der Waals surface area contributed by atoms with Crippen LogP contribution < -0.4 is 5.43 Å². The van der Waals surface area contributed by atoms with Gasteiger partial charge in [-0.25, -0.2) is 0 Å². The van der Waals surface area contributed by atoms with E-state index in [1.807, 2.05) is 0 Å². The molecule has 0 fully saturated rings. The van der Waals surface area contributed by atoms with E-state index < -0.39 is 26.4 Å². The van der Waals surface area contributed by atoms with Gasteiger partial charge in [-0.15, -0.1) is 0 Å². The quantitative estimate of drug-likeness (QED) is 0.293. The fraction of sp³-hybridized carbons (Fsp3) is 0.0455. The number of aromatic nitrogens is 1. The minimum atomic E-state index is -4.55. The first kappa shape index (κ1) is 18.4. The lowest BCUT2D eigenvalue weighted by molar-refractivity contribution is 0.0888. The minimum absolute atomic E-state index is 0.288. The molecule has 148 valence electrons. The third-order valence-corrected chi connectivity index (χ3v) is 6.24. The van der Waals surface area contributed by atoms with Crippen molar-refractivity contribution in [1.82, 2.24) is 4.98 Å². The van der Waals surface area contributed by atoms with Gasteiger partial charge in [-0.05, 0) is 29.7 Å². The summed E-state index contributed by atoms with van der Waals surface area (Å²) in [5.41, 5.74) is 1.15. The average molecular weight is 419 g/mol. The third-order valence-electron chi connectivity index (χ3n) is 5.41. The van der Waals surface area contributed by atoms with Crippen LogP contribution in [0.25, 0.3) is 21.7 Å². The molecule has 0 unspecified atom stereocenters. The molecule has 7 nitrogen and oxygen atoms in total. The fourth-order valence-corrected chi connectivity index (χ4v) is 4.52. The van der Waals surface area contributed by atoms with Gasteiger partial charge in [-0.3, -0.25) is 18.9 Å². The molecular weight excluding hydrogens is 406 g/mol. The first-order valence-corrected chi connectivity index (χ1v) is 10.4. The number of ketones is 2. The van der Waals surface area contributed by atoms with E-state index in [4.69, 9.17) is 0 Å². The number of H-pyrrole nitrogens is 1. The molecule has 5 rings (SSSR count). The highest BCUT2D eigenvalue weighted by Crippen LogP contribution is 2.34. The SMILES string of the molecule is O=C1c2ccccc2C(=O)C1c1ccc2c(ccc3c(=O)cc(S(=O)(=O)O)cc32)[nH]1. The van der Waals surface area contributed by atoms with Crippen LogP contribution in [0.1, 0.15) is 32.3 Å². The first-order chi connectivity index (χ1) is 14.3. The van der Waals surface area contributed by atoms with Crippen molar-refractivity contribution in [2.75, 3.05) is 0 Å². The number of fused-ring (bicyclic) bond motifs is 4. The van der Waals surface area contributed by atoms with Crippen LogP contribution in [0.2, 0.25) is 0 Å². The number of benzene rings is 3. The number of hydrogen-bond donors (Lipinski definition) is 2. The van der Waals surface area contributed by atoms with E-state index >= 15 is 0 Å². The molecule has 1 aliphatic carbocycles. The maximum Gasteiger partial charge on any atom is 0.294 e. The molecule has 30 heavy (non-hydrogen) atoms. The van der Waals surface area contributed by atoms with Crippen LogP contribution in [0.5, 0.6) is 0 Å². The minimum Gasteiger partial charge on any atom is -0.357 e. The highest BCUT2D eigenvalue weighted by Gasteiger charge is 2.39. The Kier molecular flexibility index (Phi) is 3.80. The standard InChI is InChI=1S/C22H13NO6S/c24-19-10-11(30(27,28)29)9-16-12-5-8-18(23-17(12)7-6-13(16)19)20-21(25)14-3-1-2-4-15(14)22(20)26/h1-10,20,23H,(H,27,28,29). The van der Waals surface area contributed by atoms with Crippen LogP contribution in [0.4, 0.5) is 0 Å². The molecule has 0 saturated heterocycles. The molecule has 0 saturated carbocycles. The Hall–Kier alpha value is -3.62. The van der Waals surface area contributed by atoms with Crippen LogP contribution in [-0.4, -0.2) is 29.5 Å². The van der Waals surface area contributed by atoms with E-state index in [-0.39, 0.29) is 17.0 Å². The summed E-state index contributed by atoms with van der Waals surface area (Å²) in [4.78, 5) is 40.4. The summed E-state index contributed by atoms with van der Waals surface area (Å²) in [5.74, 6) is -1.56. The van der Waals surface area contributed by atoms with E-state index in [0.29, 0.717) is 33.1 Å². The van der Waals surface area contributed by atoms with Crippen molar-refractivity contribution in [3.05, 3.63) is 87.7 Å². The summed E-state index contributed by atoms with van der Waals surface area (Å²) in [5, 5.41) is 1.15. The Bertz CT molecular complexity index is 1550. The summed E-state index contributed by atoms with van der Waals surface area (Å²) in [7, 11) is -4.55. The molecule has 8 heteroatoms. The number of carbonyl (C=O) groups excluding carboxylic acids is 2. The molecule has 4 aromatic rings. The number of hydrogen-bond acceptors (Lipinski definition) is 5. The molecule has 0 bridgehead atoms. The smallest absolute Gasteiger partial charge is 0.294 e. The molecule has 2 N–H and O–H groups in total. The summed E-state index contributed by atoms with van der Waals surface area (Å²) in [6.07, 6.45) is 0. The molecule has 0 atom stereocenters. The Morgan fingerprint density at radius 3 is 2.03 bits per heavy atom. The zero-order chi connectivity index (χ0) is 21.2. The second kappa shape index (κ2) is 6.19. The van der Waals surface area contributed by atoms with Crippen molar-refractivity contribution in [2.24, 2.45) is 0 Å². The predicted molar refractivity (Wildman–Crippen MR) is 110 cm³/mol. The molecule has 1 heterocycles. The van der Waals surface area contributed by atoms with Crippen LogP contribution in [0.15, 0.2) is 70.4 Å². The van der Waals surface area contributed by atoms with Crippen molar-refractivity contribution in [1.29, 1.82) is 0 Å². The Balaban J connectivity index is 1.71. The van der Waals surface area contributed by atoms with Gasteiger partial charge >= 0.3 is 0 Å². The molecular formula is C22H13NO6S. The molecule has 3 aromatic carbocycles. The van der Waals surface area contributed by atoms with E-state index in [9.17, 15) is 27.4 Å². The van der Waals surface area contributed by atoms with Gasteiger partial charge in [0.15, 0.2) is 17.0 Å². The summed E-state index contributed by atoms with van der Waals surface area (Å²) >= 11 is 0. The number of pyridine rings is 1. The summed E-state index contributed by atoms with van der Waals surface area (Å²) < 4.78 is 32.3. The molecule has 0 radical (unpaired) electrons. The molecule has 0 spiro atoms. The average Bonchev–Trinajstić information content (AvgIpc) is 2.97. The topological polar surface area (TPSA) is 121 Å². The largest absolute Gasteiger partial charge is 0.357 e. The van der Waals surface area contributed by atoms with Gasteiger partial charge in [-0.2, -0.15) is 8.42 Å². The maximum atomic E-state index is 12.8. The van der Waals surface area contributed by atoms with Gasteiger partial charge in [0.2, 0.25) is 0 Å². The molecule has 1 aromatic heterocycles. The normalized spacial score (nSPS) is 14.6. The van der Waals surface area contributed by atoms with Crippen LogP contribution >= 0.6 is 0 Å². The second-order valence-electron chi connectivity index (χ2n) is 7.14. The maximum absolute atomic E-state index is 12.8. The van der Waals surface area contributed by atoms with Gasteiger partial charge < -0.3 is 4.98 Å². The lowest BCUT2D eigenvalue weighted by Crippen LogP contribution is -2.14. The summed E-state index contributed by atoms with van der Waals surface area (Å²) in [6, 6.07) is 15.1. The van der Waals surface area contributed by atoms with E-state index in [2.05, 4.69) is 4.98 Å². The monoisotopic (exact) mass is 419 g/mol. The lowest BCUT2D eigenvalue weighted by atomic mass is 9.97. The zero-order valence-electron chi connectivity index (χ0n) is 15.2. The van der Waals surface area contributed by atoms with E-state index in [0.717, 1.165) is 6.07 Å². The number of aromatic amines is 1. The molecule has 1 aliphatic rings. The number of rotatable bonds is 2. The van der Waals surface area contributed by atoms with Gasteiger partial charge in [0.1, 0.15) is 5.92 Å². The van der Waals surface area contributed by atoms with E-state index in [1.54, 1.807) is 42.5 Å². The van der Waals surface area contributed by atoms with Crippen molar-refractivity contribution >= 4 is 43.4 Å². The Morgan fingerprint density at radius 2 is 1.40 bits per heavy atom. The fourth-order valence-electron chi connectivity index (χ4n) is 4.00. The van der Waals surface area contributed by atoms with Gasteiger partial charge in [-0.1, -0.05) is 30.3 Å². The molecule has 0 amide bonds. The van der Waals surface area contributed by atoms with Gasteiger partial charge in [0, 0.05) is 39.2 Å². The second-order valence-corrected chi connectivity index (χ2v) is 8.56. The van der Waals surface area contributed by atoms with Crippen LogP contribution in [0, 0.1) is 0 Å². The summed E-state index contributed by atoms with van der Waals surface area (Å²) in [6.45, 7) is 0. The first-order valence-electron chi connectivity index (χ1n) is 9.00. The van der Waals surface area contributed by atoms with Crippen molar-refractivity contribution < 1.29 is 22.6 Å². The predicted octanol–water partition coefficient (Wildman–Crippen LogP) is 3.09.